The van der Waals surface area contributed by atoms with Gasteiger partial charge in [-0.25, -0.2) is 17.6 Å². The van der Waals surface area contributed by atoms with E-state index >= 15 is 0 Å². The molecule has 1 heterocycles. The molecule has 0 atom stereocenters. The van der Waals surface area contributed by atoms with Crippen molar-refractivity contribution in [2.45, 2.75) is 21.7 Å². The number of nitrogens with one attached hydrogen (secondary N) is 1. The number of benzene rings is 1. The van der Waals surface area contributed by atoms with Gasteiger partial charge in [-0.2, -0.15) is 0 Å². The number of halogens is 1. The molecule has 0 bridgehead atoms. The summed E-state index contributed by atoms with van der Waals surface area (Å²) in [6, 6.07) is 4.37. The number of hydrogen-bond donors (Lipinski definition) is 2. The number of thioether (sulfide) groups is 1. The Kier molecular flexibility index (Phi) is 5.00. The topological polar surface area (TPSA) is 102 Å². The molecular weight excluding hydrogens is 343 g/mol. The maximum Gasteiger partial charge on any atom is 0.356 e. The first-order valence-electron chi connectivity index (χ1n) is 6.56. The highest BCUT2D eigenvalue weighted by atomic mass is 32.2. The minimum Gasteiger partial charge on any atom is -0.461 e. The summed E-state index contributed by atoms with van der Waals surface area (Å²) in [6.45, 7) is 1.76. The van der Waals surface area contributed by atoms with Crippen molar-refractivity contribution in [3.8, 4) is 0 Å². The monoisotopic (exact) mass is 358 g/mol. The fraction of sp³-hybridized carbons (Fsp3) is 0.214. The molecule has 0 aliphatic carbocycles. The molecule has 3 N–H and O–H groups in total. The van der Waals surface area contributed by atoms with Crippen molar-refractivity contribution in [2.75, 3.05) is 18.6 Å². The molecule has 0 spiro atoms. The number of nitrogen functional groups attached to an aromatic ring is 1. The van der Waals surface area contributed by atoms with Crippen LogP contribution in [0, 0.1) is 5.82 Å². The lowest BCUT2D eigenvalue weighted by molar-refractivity contribution is 0.0521. The van der Waals surface area contributed by atoms with E-state index in [0.29, 0.717) is 0 Å². The molecule has 2 aromatic rings. The van der Waals surface area contributed by atoms with Gasteiger partial charge in [-0.1, -0.05) is 0 Å². The van der Waals surface area contributed by atoms with Crippen LogP contribution in [0.5, 0.6) is 0 Å². The number of H-pyrrole nitrogens is 1. The van der Waals surface area contributed by atoms with E-state index in [1.165, 1.54) is 0 Å². The van der Waals surface area contributed by atoms with E-state index in [4.69, 9.17) is 10.5 Å². The molecule has 0 saturated carbocycles. The summed E-state index contributed by atoms with van der Waals surface area (Å²) in [6.07, 6.45) is 1.64. The second-order valence-electron chi connectivity index (χ2n) is 4.45. The summed E-state index contributed by atoms with van der Waals surface area (Å²) in [7, 11) is -4.01. The van der Waals surface area contributed by atoms with E-state index in [0.717, 1.165) is 36.0 Å². The molecule has 0 radical (unpaired) electrons. The molecule has 0 fully saturated rings. The lowest BCUT2D eigenvalue weighted by Crippen LogP contribution is -2.09. The molecular formula is C14H15FN2O4S2. The molecule has 124 valence electrons. The molecule has 1 aromatic heterocycles. The lowest BCUT2D eigenvalue weighted by Gasteiger charge is -2.06. The van der Waals surface area contributed by atoms with Gasteiger partial charge in [-0.3, -0.25) is 0 Å². The Hall–Kier alpha value is -2.00. The minimum atomic E-state index is -4.01. The third-order valence-electron chi connectivity index (χ3n) is 3.04. The van der Waals surface area contributed by atoms with Crippen molar-refractivity contribution >= 4 is 33.3 Å². The van der Waals surface area contributed by atoms with Gasteiger partial charge in [0.1, 0.15) is 10.7 Å². The Labute approximate surface area is 137 Å². The zero-order valence-corrected chi connectivity index (χ0v) is 14.1. The Morgan fingerprint density at radius 3 is 2.48 bits per heavy atom. The first kappa shape index (κ1) is 17.4. The second-order valence-corrected chi connectivity index (χ2v) is 7.16. The van der Waals surface area contributed by atoms with Crippen LogP contribution >= 0.6 is 11.8 Å². The summed E-state index contributed by atoms with van der Waals surface area (Å²) < 4.78 is 43.4. The highest BCUT2D eigenvalue weighted by Crippen LogP contribution is 2.36. The number of carbonyl (C=O) groups excluding carboxylic acids is 1. The molecule has 23 heavy (non-hydrogen) atoms. The maximum atomic E-state index is 13.0. The van der Waals surface area contributed by atoms with Crippen molar-refractivity contribution in [1.29, 1.82) is 0 Å². The zero-order chi connectivity index (χ0) is 17.2. The molecule has 9 heteroatoms. The van der Waals surface area contributed by atoms with E-state index in [2.05, 4.69) is 4.98 Å². The summed E-state index contributed by atoms with van der Waals surface area (Å²) in [4.78, 5) is 14.2. The van der Waals surface area contributed by atoms with E-state index < -0.39 is 21.6 Å². The Morgan fingerprint density at radius 1 is 1.35 bits per heavy atom. The number of rotatable bonds is 5. The third-order valence-corrected chi connectivity index (χ3v) is 5.73. The highest BCUT2D eigenvalue weighted by Gasteiger charge is 2.30. The number of esters is 1. The Bertz CT molecular complexity index is 829. The van der Waals surface area contributed by atoms with Gasteiger partial charge in [0.15, 0.2) is 5.69 Å². The van der Waals surface area contributed by atoms with E-state index in [9.17, 15) is 17.6 Å². The Morgan fingerprint density at radius 2 is 1.96 bits per heavy atom. The molecule has 0 aliphatic rings. The highest BCUT2D eigenvalue weighted by molar-refractivity contribution is 7.99. The number of carbonyl (C=O) groups is 1. The fourth-order valence-electron chi connectivity index (χ4n) is 1.98. The van der Waals surface area contributed by atoms with Crippen molar-refractivity contribution in [2.24, 2.45) is 0 Å². The van der Waals surface area contributed by atoms with Gasteiger partial charge in [-0.05, 0) is 37.4 Å². The van der Waals surface area contributed by atoms with Gasteiger partial charge < -0.3 is 15.5 Å². The smallest absolute Gasteiger partial charge is 0.356 e. The van der Waals surface area contributed by atoms with Crippen LogP contribution in [0.15, 0.2) is 39.1 Å². The van der Waals surface area contributed by atoms with Crippen LogP contribution in [0.2, 0.25) is 0 Å². The molecule has 6 nitrogen and oxygen atoms in total. The standard InChI is InChI=1S/C14H15FN2O4S2/c1-3-21-14(18)11-10(16)12(13(17-11)22-2)23(19,20)9-6-4-8(15)5-7-9/h4-7,17H,3,16H2,1-2H3. The summed E-state index contributed by atoms with van der Waals surface area (Å²) in [5.74, 6) is -1.29. The van der Waals surface area contributed by atoms with Gasteiger partial charge >= 0.3 is 5.97 Å². The average molecular weight is 358 g/mol. The first-order chi connectivity index (χ1) is 10.8. The van der Waals surface area contributed by atoms with Gasteiger partial charge in [0, 0.05) is 0 Å². The van der Waals surface area contributed by atoms with Crippen LogP contribution in [0.3, 0.4) is 0 Å². The largest absolute Gasteiger partial charge is 0.461 e. The SMILES string of the molecule is CCOC(=O)c1[nH]c(SC)c(S(=O)(=O)c2ccc(F)cc2)c1N. The van der Waals surface area contributed by atoms with E-state index in [1.54, 1.807) is 13.2 Å². The Balaban J connectivity index is 2.62. The molecule has 0 unspecified atom stereocenters. The number of sulfone groups is 1. The van der Waals surface area contributed by atoms with Crippen LogP contribution in [-0.2, 0) is 14.6 Å². The van der Waals surface area contributed by atoms with Crippen molar-refractivity contribution in [3.05, 3.63) is 35.8 Å². The summed E-state index contributed by atoms with van der Waals surface area (Å²) >= 11 is 1.09. The van der Waals surface area contributed by atoms with Crippen LogP contribution in [0.25, 0.3) is 0 Å². The number of anilines is 1. The summed E-state index contributed by atoms with van der Waals surface area (Å²) in [5.41, 5.74) is 5.54. The van der Waals surface area contributed by atoms with Crippen LogP contribution in [0.4, 0.5) is 10.1 Å². The zero-order valence-electron chi connectivity index (χ0n) is 12.4. The molecule has 2 rings (SSSR count). The molecule has 0 aliphatic heterocycles. The molecule has 1 aromatic carbocycles. The number of nitrogens with two attached hydrogens (primary N) is 1. The number of aromatic amines is 1. The average Bonchev–Trinajstić information content (AvgIpc) is 2.85. The van der Waals surface area contributed by atoms with Crippen molar-refractivity contribution < 1.29 is 22.3 Å². The van der Waals surface area contributed by atoms with E-state index in [1.807, 2.05) is 0 Å². The van der Waals surface area contributed by atoms with Gasteiger partial charge in [0.2, 0.25) is 9.84 Å². The second kappa shape index (κ2) is 6.63. The van der Waals surface area contributed by atoms with E-state index in [-0.39, 0.29) is 32.8 Å². The predicted octanol–water partition coefficient (Wildman–Crippen LogP) is 2.47. The van der Waals surface area contributed by atoms with Crippen LogP contribution < -0.4 is 5.73 Å². The molecule has 0 amide bonds. The number of ether oxygens (including phenoxy) is 1. The van der Waals surface area contributed by atoms with Gasteiger partial charge in [-0.15, -0.1) is 11.8 Å². The van der Waals surface area contributed by atoms with Crippen molar-refractivity contribution in [3.63, 3.8) is 0 Å². The number of aromatic nitrogens is 1. The quantitative estimate of drug-likeness (QED) is 0.484. The maximum absolute atomic E-state index is 13.0. The summed E-state index contributed by atoms with van der Waals surface area (Å²) in [5, 5.41) is 0.217. The lowest BCUT2D eigenvalue weighted by atomic mass is 10.3. The van der Waals surface area contributed by atoms with Crippen molar-refractivity contribution in [1.82, 2.24) is 4.98 Å². The molecule has 0 saturated heterocycles. The fourth-order valence-corrected chi connectivity index (χ4v) is 4.48. The van der Waals surface area contributed by atoms with Gasteiger partial charge in [0.25, 0.3) is 0 Å². The normalized spacial score (nSPS) is 11.4. The van der Waals surface area contributed by atoms with Crippen LogP contribution in [-0.4, -0.2) is 32.2 Å². The number of hydrogen-bond acceptors (Lipinski definition) is 6. The van der Waals surface area contributed by atoms with Gasteiger partial charge in [0.05, 0.1) is 22.2 Å². The predicted molar refractivity (Wildman–Crippen MR) is 84.8 cm³/mol. The minimum absolute atomic E-state index is 0.114. The first-order valence-corrected chi connectivity index (χ1v) is 9.26. The third kappa shape index (κ3) is 3.20. The van der Waals surface area contributed by atoms with Crippen LogP contribution in [0.1, 0.15) is 17.4 Å².